The minimum atomic E-state index is 1.09. The molecule has 2 aromatic carbocycles. The average molecular weight is 180 g/mol. The quantitative estimate of drug-likeness (QED) is 0.498. The van der Waals surface area contributed by atoms with E-state index < -0.39 is 0 Å². The van der Waals surface area contributed by atoms with E-state index in [-0.39, 0.29) is 0 Å². The van der Waals surface area contributed by atoms with Gasteiger partial charge in [0, 0.05) is 0 Å². The van der Waals surface area contributed by atoms with Crippen LogP contribution in [-0.2, 0) is 12.8 Å². The molecule has 3 rings (SSSR count). The molecule has 14 heavy (non-hydrogen) atoms. The van der Waals surface area contributed by atoms with Gasteiger partial charge in [0.15, 0.2) is 0 Å². The van der Waals surface area contributed by atoms with E-state index in [1.54, 1.807) is 0 Å². The molecule has 0 amide bonds. The Kier molecular flexibility index (Phi) is 1.66. The van der Waals surface area contributed by atoms with Gasteiger partial charge in [-0.15, -0.1) is 0 Å². The smallest absolute Gasteiger partial charge is 0.00228 e. The molecular weight excluding hydrogens is 168 g/mol. The van der Waals surface area contributed by atoms with Gasteiger partial charge in [-0.2, -0.15) is 0 Å². The van der Waals surface area contributed by atoms with Crippen LogP contribution >= 0.6 is 0 Å². The van der Waals surface area contributed by atoms with Gasteiger partial charge in [0.25, 0.3) is 0 Å². The topological polar surface area (TPSA) is 0 Å². The molecule has 0 N–H and O–H groups in total. The summed E-state index contributed by atoms with van der Waals surface area (Å²) in [6.45, 7) is 0. The largest absolute Gasteiger partial charge is 0.0620 e. The summed E-state index contributed by atoms with van der Waals surface area (Å²) in [6.07, 6.45) is 2.17. The fourth-order valence-corrected chi connectivity index (χ4v) is 2.19. The van der Waals surface area contributed by atoms with Crippen LogP contribution in [0, 0.1) is 0 Å². The molecule has 68 valence electrons. The van der Waals surface area contributed by atoms with Crippen molar-refractivity contribution in [2.24, 2.45) is 0 Å². The van der Waals surface area contributed by atoms with Crippen molar-refractivity contribution < 1.29 is 0 Å². The van der Waals surface area contributed by atoms with E-state index in [1.165, 1.54) is 22.3 Å². The number of fused-ring (bicyclic) bond motifs is 3. The molecule has 2 bridgehead atoms. The molecule has 1 aliphatic rings. The summed E-state index contributed by atoms with van der Waals surface area (Å²) < 4.78 is 0. The molecule has 0 heterocycles. The third-order valence-corrected chi connectivity index (χ3v) is 2.90. The second-order valence-electron chi connectivity index (χ2n) is 3.94. The molecule has 0 radical (unpaired) electrons. The SMILES string of the molecule is c1cc2cc(c1)Cc1ccccc1C2. The van der Waals surface area contributed by atoms with Gasteiger partial charge >= 0.3 is 0 Å². The van der Waals surface area contributed by atoms with Crippen LogP contribution < -0.4 is 0 Å². The Labute approximate surface area is 84.2 Å². The molecule has 0 spiro atoms. The number of benzene rings is 2. The molecule has 0 fully saturated rings. The van der Waals surface area contributed by atoms with Crippen LogP contribution in [0.1, 0.15) is 22.3 Å². The molecule has 0 heteroatoms. The lowest BCUT2D eigenvalue weighted by atomic mass is 10.0. The van der Waals surface area contributed by atoms with Crippen molar-refractivity contribution in [2.75, 3.05) is 0 Å². The molecule has 0 unspecified atom stereocenters. The Morgan fingerprint density at radius 1 is 0.643 bits per heavy atom. The van der Waals surface area contributed by atoms with Gasteiger partial charge in [0.2, 0.25) is 0 Å². The lowest BCUT2D eigenvalue weighted by Crippen LogP contribution is -1.90. The van der Waals surface area contributed by atoms with E-state index >= 15 is 0 Å². The molecule has 1 aliphatic carbocycles. The Hall–Kier alpha value is -1.56. The Balaban J connectivity index is 2.19. The zero-order chi connectivity index (χ0) is 9.38. The first-order valence-electron chi connectivity index (χ1n) is 5.06. The summed E-state index contributed by atoms with van der Waals surface area (Å²) in [6, 6.07) is 17.7. The standard InChI is InChI=1S/C14H12/c1-2-7-14-10-12-5-3-4-11(8-12)9-13(14)6-1/h1-8H,9-10H2. The number of rotatable bonds is 0. The zero-order valence-electron chi connectivity index (χ0n) is 8.03. The molecular formula is C14H12. The van der Waals surface area contributed by atoms with Crippen molar-refractivity contribution in [1.82, 2.24) is 0 Å². The highest BCUT2D eigenvalue weighted by Crippen LogP contribution is 2.22. The number of hydrogen-bond acceptors (Lipinski definition) is 0. The van der Waals surface area contributed by atoms with E-state index in [0.29, 0.717) is 0 Å². The molecule has 0 saturated carbocycles. The highest BCUT2D eigenvalue weighted by Gasteiger charge is 2.08. The van der Waals surface area contributed by atoms with E-state index in [9.17, 15) is 0 Å². The Morgan fingerprint density at radius 2 is 1.21 bits per heavy atom. The van der Waals surface area contributed by atoms with Crippen LogP contribution in [0.3, 0.4) is 0 Å². The normalized spacial score (nSPS) is 13.1. The van der Waals surface area contributed by atoms with Crippen molar-refractivity contribution in [1.29, 1.82) is 0 Å². The fourth-order valence-electron chi connectivity index (χ4n) is 2.19. The van der Waals surface area contributed by atoms with Gasteiger partial charge in [0.1, 0.15) is 0 Å². The first-order valence-corrected chi connectivity index (χ1v) is 5.06. The van der Waals surface area contributed by atoms with Crippen molar-refractivity contribution >= 4 is 0 Å². The summed E-state index contributed by atoms with van der Waals surface area (Å²) in [5.74, 6) is 0. The summed E-state index contributed by atoms with van der Waals surface area (Å²) in [5.41, 5.74) is 5.84. The molecule has 2 aromatic rings. The summed E-state index contributed by atoms with van der Waals surface area (Å²) in [4.78, 5) is 0. The lowest BCUT2D eigenvalue weighted by molar-refractivity contribution is 1.14. The van der Waals surface area contributed by atoms with Crippen molar-refractivity contribution in [3.63, 3.8) is 0 Å². The van der Waals surface area contributed by atoms with E-state index in [4.69, 9.17) is 0 Å². The molecule has 0 nitrogen and oxygen atoms in total. The third kappa shape index (κ3) is 1.24. The fraction of sp³-hybridized carbons (Fsp3) is 0.143. The highest BCUT2D eigenvalue weighted by atomic mass is 14.1. The maximum absolute atomic E-state index is 2.32. The van der Waals surface area contributed by atoms with Crippen molar-refractivity contribution in [2.45, 2.75) is 12.8 Å². The van der Waals surface area contributed by atoms with Crippen LogP contribution in [0.25, 0.3) is 0 Å². The minimum Gasteiger partial charge on any atom is -0.0620 e. The second-order valence-corrected chi connectivity index (χ2v) is 3.94. The monoisotopic (exact) mass is 180 g/mol. The van der Waals surface area contributed by atoms with Crippen LogP contribution in [0.2, 0.25) is 0 Å². The summed E-state index contributed by atoms with van der Waals surface area (Å²) in [5, 5.41) is 0. The first-order chi connectivity index (χ1) is 6.92. The lowest BCUT2D eigenvalue weighted by Gasteiger charge is -2.03. The van der Waals surface area contributed by atoms with Gasteiger partial charge < -0.3 is 0 Å². The maximum atomic E-state index is 2.32. The van der Waals surface area contributed by atoms with E-state index in [2.05, 4.69) is 48.5 Å². The van der Waals surface area contributed by atoms with Gasteiger partial charge in [0.05, 0.1) is 0 Å². The highest BCUT2D eigenvalue weighted by molar-refractivity contribution is 5.41. The Morgan fingerprint density at radius 3 is 1.79 bits per heavy atom. The maximum Gasteiger partial charge on any atom is -0.00228 e. The predicted octanol–water partition coefficient (Wildman–Crippen LogP) is 3.18. The summed E-state index contributed by atoms with van der Waals surface area (Å²) in [7, 11) is 0. The molecule has 0 saturated heterocycles. The Bertz CT molecular complexity index is 429. The van der Waals surface area contributed by atoms with Gasteiger partial charge in [-0.3, -0.25) is 0 Å². The van der Waals surface area contributed by atoms with Crippen molar-refractivity contribution in [3.05, 3.63) is 70.8 Å². The average Bonchev–Trinajstić information content (AvgIpc) is 2.33. The predicted molar refractivity (Wildman–Crippen MR) is 58.5 cm³/mol. The van der Waals surface area contributed by atoms with Crippen LogP contribution in [0.4, 0.5) is 0 Å². The van der Waals surface area contributed by atoms with E-state index in [0.717, 1.165) is 12.8 Å². The third-order valence-electron chi connectivity index (χ3n) is 2.90. The second kappa shape index (κ2) is 2.98. The van der Waals surface area contributed by atoms with Gasteiger partial charge in [-0.05, 0) is 35.1 Å². The summed E-state index contributed by atoms with van der Waals surface area (Å²) >= 11 is 0. The first kappa shape index (κ1) is 7.81. The molecule has 0 aliphatic heterocycles. The molecule has 0 atom stereocenters. The van der Waals surface area contributed by atoms with Gasteiger partial charge in [-0.1, -0.05) is 48.5 Å². The number of hydrogen-bond donors (Lipinski definition) is 0. The minimum absolute atomic E-state index is 1.09. The molecule has 0 aromatic heterocycles. The van der Waals surface area contributed by atoms with Crippen LogP contribution in [0.15, 0.2) is 48.5 Å². The van der Waals surface area contributed by atoms with Crippen LogP contribution in [0.5, 0.6) is 0 Å². The van der Waals surface area contributed by atoms with E-state index in [1.807, 2.05) is 0 Å². The van der Waals surface area contributed by atoms with Crippen LogP contribution in [-0.4, -0.2) is 0 Å². The van der Waals surface area contributed by atoms with Crippen molar-refractivity contribution in [3.8, 4) is 0 Å². The van der Waals surface area contributed by atoms with Gasteiger partial charge in [-0.25, -0.2) is 0 Å². The zero-order valence-corrected chi connectivity index (χ0v) is 8.03.